The number of nitrogens with one attached hydrogen (secondary N) is 1. The molecule has 6 heteroatoms. The predicted octanol–water partition coefficient (Wildman–Crippen LogP) is 1.20. The van der Waals surface area contributed by atoms with Crippen molar-refractivity contribution in [3.05, 3.63) is 35.9 Å². The first-order valence-corrected chi connectivity index (χ1v) is 8.37. The number of benzene rings is 1. The summed E-state index contributed by atoms with van der Waals surface area (Å²) >= 11 is 0. The molecule has 2 fully saturated rings. The van der Waals surface area contributed by atoms with Crippen LogP contribution in [0.5, 0.6) is 0 Å². The molecule has 1 saturated heterocycles. The highest BCUT2D eigenvalue weighted by Crippen LogP contribution is 2.36. The van der Waals surface area contributed by atoms with Crippen LogP contribution < -0.4 is 5.32 Å². The Hall–Kier alpha value is -2.37. The van der Waals surface area contributed by atoms with Gasteiger partial charge in [0, 0.05) is 13.1 Å². The largest absolute Gasteiger partial charge is 0.480 e. The molecule has 1 aliphatic carbocycles. The fourth-order valence-electron chi connectivity index (χ4n) is 3.16. The minimum Gasteiger partial charge on any atom is -0.480 e. The maximum Gasteiger partial charge on any atom is 0.329 e. The van der Waals surface area contributed by atoms with E-state index in [9.17, 15) is 19.5 Å². The van der Waals surface area contributed by atoms with Crippen molar-refractivity contribution in [2.45, 2.75) is 37.6 Å². The zero-order chi connectivity index (χ0) is 17.2. The lowest BCUT2D eigenvalue weighted by molar-refractivity contribution is -0.145. The number of hydrogen-bond donors (Lipinski definition) is 2. The fourth-order valence-corrected chi connectivity index (χ4v) is 3.16. The van der Waals surface area contributed by atoms with Crippen molar-refractivity contribution in [2.75, 3.05) is 13.1 Å². The molecule has 0 aromatic heterocycles. The minimum atomic E-state index is -1.06. The van der Waals surface area contributed by atoms with Gasteiger partial charge < -0.3 is 15.3 Å². The van der Waals surface area contributed by atoms with E-state index in [0.29, 0.717) is 38.8 Å². The smallest absolute Gasteiger partial charge is 0.329 e. The molecule has 1 aromatic rings. The minimum absolute atomic E-state index is 0.0121. The Kier molecular flexibility index (Phi) is 4.55. The maximum absolute atomic E-state index is 12.4. The molecule has 1 heterocycles. The molecule has 1 saturated carbocycles. The van der Waals surface area contributed by atoms with Crippen LogP contribution in [0.3, 0.4) is 0 Å². The number of hydrogen-bond acceptors (Lipinski definition) is 3. The molecule has 0 radical (unpaired) electrons. The van der Waals surface area contributed by atoms with Gasteiger partial charge in [0.2, 0.25) is 11.8 Å². The Labute approximate surface area is 140 Å². The third-order valence-corrected chi connectivity index (χ3v) is 4.86. The monoisotopic (exact) mass is 330 g/mol. The van der Waals surface area contributed by atoms with Crippen molar-refractivity contribution in [1.82, 2.24) is 10.2 Å². The van der Waals surface area contributed by atoms with Crippen molar-refractivity contribution in [3.8, 4) is 0 Å². The Balaban J connectivity index is 1.57. The topological polar surface area (TPSA) is 86.7 Å². The second-order valence-corrected chi connectivity index (χ2v) is 6.72. The van der Waals surface area contributed by atoms with E-state index in [4.69, 9.17) is 0 Å². The van der Waals surface area contributed by atoms with E-state index in [1.54, 1.807) is 4.90 Å². The molecule has 1 aliphatic heterocycles. The average Bonchev–Trinajstić information content (AvgIpc) is 3.37. The van der Waals surface area contributed by atoms with Crippen LogP contribution in [0, 0.1) is 5.92 Å². The van der Waals surface area contributed by atoms with Gasteiger partial charge in [-0.1, -0.05) is 30.3 Å². The number of carboxylic acids is 1. The molecule has 128 valence electrons. The molecule has 2 amide bonds. The van der Waals surface area contributed by atoms with Gasteiger partial charge in [-0.05, 0) is 31.2 Å². The van der Waals surface area contributed by atoms with E-state index in [0.717, 1.165) is 12.0 Å². The molecule has 3 rings (SSSR count). The van der Waals surface area contributed by atoms with Crippen molar-refractivity contribution < 1.29 is 19.5 Å². The van der Waals surface area contributed by atoms with Crippen LogP contribution in [0.1, 0.15) is 31.2 Å². The van der Waals surface area contributed by atoms with Crippen LogP contribution in [0.15, 0.2) is 30.3 Å². The summed E-state index contributed by atoms with van der Waals surface area (Å²) in [6, 6.07) is 9.53. The molecule has 0 bridgehead atoms. The lowest BCUT2D eigenvalue weighted by Crippen LogP contribution is -2.50. The van der Waals surface area contributed by atoms with E-state index >= 15 is 0 Å². The normalized spacial score (nSPS) is 21.8. The second-order valence-electron chi connectivity index (χ2n) is 6.72. The number of nitrogens with zero attached hydrogens (tertiary/aromatic N) is 1. The molecular formula is C18H22N2O4. The number of piperidine rings is 1. The lowest BCUT2D eigenvalue weighted by atomic mass is 9.96. The number of rotatable bonds is 5. The van der Waals surface area contributed by atoms with Gasteiger partial charge in [0.25, 0.3) is 0 Å². The van der Waals surface area contributed by atoms with Gasteiger partial charge in [-0.15, -0.1) is 0 Å². The molecule has 24 heavy (non-hydrogen) atoms. The fraction of sp³-hybridized carbons (Fsp3) is 0.500. The zero-order valence-corrected chi connectivity index (χ0v) is 13.5. The number of amides is 2. The molecule has 0 spiro atoms. The Morgan fingerprint density at radius 1 is 1.21 bits per heavy atom. The SMILES string of the molecule is O=C(NC1(C(=O)O)CC1)C1CCCN(C(=O)Cc2ccccc2)C1. The van der Waals surface area contributed by atoms with E-state index < -0.39 is 11.5 Å². The Morgan fingerprint density at radius 2 is 1.92 bits per heavy atom. The first-order chi connectivity index (χ1) is 11.5. The highest BCUT2D eigenvalue weighted by atomic mass is 16.4. The van der Waals surface area contributed by atoms with Crippen molar-refractivity contribution in [1.29, 1.82) is 0 Å². The Morgan fingerprint density at radius 3 is 2.54 bits per heavy atom. The summed E-state index contributed by atoms with van der Waals surface area (Å²) in [5.74, 6) is -1.52. The quantitative estimate of drug-likeness (QED) is 0.849. The average molecular weight is 330 g/mol. The van der Waals surface area contributed by atoms with Crippen LogP contribution in [0.4, 0.5) is 0 Å². The standard InChI is InChI=1S/C18H22N2O4/c21-15(11-13-5-2-1-3-6-13)20-10-4-7-14(12-20)16(22)19-18(8-9-18)17(23)24/h1-3,5-6,14H,4,7-12H2,(H,19,22)(H,23,24). The molecule has 2 N–H and O–H groups in total. The summed E-state index contributed by atoms with van der Waals surface area (Å²) in [4.78, 5) is 37.7. The molecule has 6 nitrogen and oxygen atoms in total. The lowest BCUT2D eigenvalue weighted by Gasteiger charge is -2.32. The highest BCUT2D eigenvalue weighted by molar-refractivity contribution is 5.91. The second kappa shape index (κ2) is 6.63. The summed E-state index contributed by atoms with van der Waals surface area (Å²) in [6.07, 6.45) is 2.75. The van der Waals surface area contributed by atoms with Crippen LogP contribution in [0.2, 0.25) is 0 Å². The third-order valence-electron chi connectivity index (χ3n) is 4.86. The number of carboxylic acid groups (broad SMARTS) is 1. The summed E-state index contributed by atoms with van der Waals surface area (Å²) in [5.41, 5.74) is -0.107. The summed E-state index contributed by atoms with van der Waals surface area (Å²) in [5, 5.41) is 11.8. The molecule has 1 unspecified atom stereocenters. The van der Waals surface area contributed by atoms with Gasteiger partial charge in [-0.25, -0.2) is 4.79 Å². The van der Waals surface area contributed by atoms with Crippen LogP contribution in [-0.4, -0.2) is 46.4 Å². The van der Waals surface area contributed by atoms with E-state index in [-0.39, 0.29) is 17.7 Å². The summed E-state index contributed by atoms with van der Waals surface area (Å²) in [7, 11) is 0. The molecule has 2 aliphatic rings. The van der Waals surface area contributed by atoms with E-state index in [2.05, 4.69) is 5.32 Å². The summed E-state index contributed by atoms with van der Waals surface area (Å²) < 4.78 is 0. The predicted molar refractivity (Wildman–Crippen MR) is 87.2 cm³/mol. The van der Waals surface area contributed by atoms with Crippen LogP contribution >= 0.6 is 0 Å². The van der Waals surface area contributed by atoms with Gasteiger partial charge in [0.15, 0.2) is 0 Å². The molecular weight excluding hydrogens is 308 g/mol. The zero-order valence-electron chi connectivity index (χ0n) is 13.5. The van der Waals surface area contributed by atoms with Crippen LogP contribution in [-0.2, 0) is 20.8 Å². The first-order valence-electron chi connectivity index (χ1n) is 8.37. The molecule has 1 atom stereocenters. The van der Waals surface area contributed by atoms with Gasteiger partial charge in [0.05, 0.1) is 12.3 Å². The number of aliphatic carboxylic acids is 1. The van der Waals surface area contributed by atoms with E-state index in [1.807, 2.05) is 30.3 Å². The molecule has 1 aromatic carbocycles. The van der Waals surface area contributed by atoms with Gasteiger partial charge >= 0.3 is 5.97 Å². The van der Waals surface area contributed by atoms with Crippen LogP contribution in [0.25, 0.3) is 0 Å². The Bertz CT molecular complexity index is 640. The number of likely N-dealkylation sites (tertiary alicyclic amines) is 1. The number of carbonyl (C=O) groups is 3. The van der Waals surface area contributed by atoms with E-state index in [1.165, 1.54) is 0 Å². The van der Waals surface area contributed by atoms with Crippen molar-refractivity contribution in [3.63, 3.8) is 0 Å². The maximum atomic E-state index is 12.4. The van der Waals surface area contributed by atoms with Crippen molar-refractivity contribution >= 4 is 17.8 Å². The first kappa shape index (κ1) is 16.5. The van der Waals surface area contributed by atoms with Crippen molar-refractivity contribution in [2.24, 2.45) is 5.92 Å². The van der Waals surface area contributed by atoms with Gasteiger partial charge in [-0.3, -0.25) is 9.59 Å². The highest BCUT2D eigenvalue weighted by Gasteiger charge is 2.52. The van der Waals surface area contributed by atoms with Gasteiger partial charge in [-0.2, -0.15) is 0 Å². The third kappa shape index (κ3) is 3.58. The summed E-state index contributed by atoms with van der Waals surface area (Å²) in [6.45, 7) is 1.02. The number of carbonyl (C=O) groups excluding carboxylic acids is 2. The van der Waals surface area contributed by atoms with Gasteiger partial charge in [0.1, 0.15) is 5.54 Å².